The summed E-state index contributed by atoms with van der Waals surface area (Å²) < 4.78 is 0. The van der Waals surface area contributed by atoms with Gasteiger partial charge in [-0.15, -0.1) is 11.3 Å². The summed E-state index contributed by atoms with van der Waals surface area (Å²) in [6.07, 6.45) is 3.73. The van der Waals surface area contributed by atoms with Crippen molar-refractivity contribution in [3.8, 4) is 0 Å². The van der Waals surface area contributed by atoms with E-state index in [1.165, 1.54) is 9.75 Å². The van der Waals surface area contributed by atoms with Crippen molar-refractivity contribution in [3.63, 3.8) is 0 Å². The fraction of sp³-hybridized carbons (Fsp3) is 0.158. The van der Waals surface area contributed by atoms with Crippen LogP contribution in [0.25, 0.3) is 22.6 Å². The van der Waals surface area contributed by atoms with Crippen LogP contribution in [0, 0.1) is 6.92 Å². The maximum absolute atomic E-state index is 11.8. The van der Waals surface area contributed by atoms with Gasteiger partial charge in [-0.25, -0.2) is 9.78 Å². The Kier molecular flexibility index (Phi) is 3.27. The number of aromatic nitrogens is 1. The van der Waals surface area contributed by atoms with E-state index in [4.69, 9.17) is 4.98 Å². The molecule has 4 rings (SSSR count). The second kappa shape index (κ2) is 5.32. The Morgan fingerprint density at radius 3 is 2.78 bits per heavy atom. The molecule has 0 atom stereocenters. The van der Waals surface area contributed by atoms with E-state index in [1.807, 2.05) is 24.3 Å². The Balaban J connectivity index is 1.95. The van der Waals surface area contributed by atoms with Crippen LogP contribution in [0.2, 0.25) is 0 Å². The third-order valence-corrected chi connectivity index (χ3v) is 5.18. The van der Waals surface area contributed by atoms with Gasteiger partial charge in [-0.2, -0.15) is 0 Å². The minimum atomic E-state index is -0.868. The molecule has 0 spiro atoms. The molecule has 0 amide bonds. The van der Waals surface area contributed by atoms with Gasteiger partial charge in [-0.3, -0.25) is 0 Å². The van der Waals surface area contributed by atoms with Crippen molar-refractivity contribution in [3.05, 3.63) is 63.0 Å². The van der Waals surface area contributed by atoms with E-state index in [0.717, 1.165) is 40.6 Å². The average molecular weight is 321 g/mol. The molecule has 1 aliphatic rings. The van der Waals surface area contributed by atoms with Crippen LogP contribution in [0.4, 0.5) is 0 Å². The molecule has 0 unspecified atom stereocenters. The van der Waals surface area contributed by atoms with Crippen molar-refractivity contribution in [1.29, 1.82) is 0 Å². The molecule has 0 saturated heterocycles. The molecule has 2 heterocycles. The SMILES string of the molecule is Cc1ccc(C=C2CCc3c2nc2ccccc2c3C(=O)O)s1. The molecular formula is C19H15NO2S. The summed E-state index contributed by atoms with van der Waals surface area (Å²) in [5, 5.41) is 10.4. The van der Waals surface area contributed by atoms with Crippen LogP contribution in [0.5, 0.6) is 0 Å². The van der Waals surface area contributed by atoms with E-state index >= 15 is 0 Å². The Labute approximate surface area is 137 Å². The molecule has 114 valence electrons. The molecule has 1 aromatic carbocycles. The van der Waals surface area contributed by atoms with E-state index in [1.54, 1.807) is 11.3 Å². The standard InChI is InChI=1S/C19H15NO2S/c1-11-6-8-13(23-11)10-12-7-9-15-17(19(21)22)14-4-2-3-5-16(14)20-18(12)15/h2-6,8,10H,7,9H2,1H3,(H,21,22). The summed E-state index contributed by atoms with van der Waals surface area (Å²) in [5.74, 6) is -0.868. The van der Waals surface area contributed by atoms with Gasteiger partial charge < -0.3 is 5.11 Å². The molecule has 0 fully saturated rings. The Morgan fingerprint density at radius 1 is 1.22 bits per heavy atom. The first-order valence-corrected chi connectivity index (χ1v) is 8.37. The number of carboxylic acid groups (broad SMARTS) is 1. The summed E-state index contributed by atoms with van der Waals surface area (Å²) in [6.45, 7) is 2.09. The Bertz CT molecular complexity index is 969. The largest absolute Gasteiger partial charge is 0.478 e. The van der Waals surface area contributed by atoms with Crippen LogP contribution >= 0.6 is 11.3 Å². The summed E-state index contributed by atoms with van der Waals surface area (Å²) in [6, 6.07) is 11.7. The average Bonchev–Trinajstić information content (AvgIpc) is 3.11. The van der Waals surface area contributed by atoms with Crippen LogP contribution in [0.1, 0.15) is 37.8 Å². The number of rotatable bonds is 2. The number of hydrogen-bond acceptors (Lipinski definition) is 3. The number of allylic oxidation sites excluding steroid dienone is 1. The van der Waals surface area contributed by atoms with Crippen LogP contribution < -0.4 is 0 Å². The van der Waals surface area contributed by atoms with Crippen LogP contribution in [0.15, 0.2) is 36.4 Å². The summed E-state index contributed by atoms with van der Waals surface area (Å²) >= 11 is 1.74. The van der Waals surface area contributed by atoms with E-state index in [9.17, 15) is 9.90 Å². The van der Waals surface area contributed by atoms with E-state index in [2.05, 4.69) is 25.1 Å². The molecule has 0 aliphatic heterocycles. The van der Waals surface area contributed by atoms with Crippen LogP contribution in [-0.4, -0.2) is 16.1 Å². The van der Waals surface area contributed by atoms with E-state index in [0.29, 0.717) is 5.56 Å². The minimum Gasteiger partial charge on any atom is -0.478 e. The number of hydrogen-bond donors (Lipinski definition) is 1. The fourth-order valence-electron chi connectivity index (χ4n) is 3.23. The molecule has 0 bridgehead atoms. The summed E-state index contributed by atoms with van der Waals surface area (Å²) in [4.78, 5) is 19.0. The van der Waals surface area contributed by atoms with Gasteiger partial charge in [-0.1, -0.05) is 18.2 Å². The van der Waals surface area contributed by atoms with Gasteiger partial charge in [0.25, 0.3) is 0 Å². The van der Waals surface area contributed by atoms with E-state index < -0.39 is 5.97 Å². The van der Waals surface area contributed by atoms with Crippen LogP contribution in [0.3, 0.4) is 0 Å². The molecule has 0 saturated carbocycles. The topological polar surface area (TPSA) is 50.2 Å². The highest BCUT2D eigenvalue weighted by molar-refractivity contribution is 7.12. The van der Waals surface area contributed by atoms with Gasteiger partial charge in [0.2, 0.25) is 0 Å². The monoisotopic (exact) mass is 321 g/mol. The summed E-state index contributed by atoms with van der Waals surface area (Å²) in [7, 11) is 0. The number of carboxylic acids is 1. The van der Waals surface area contributed by atoms with Crippen molar-refractivity contribution >= 4 is 39.9 Å². The number of benzene rings is 1. The Morgan fingerprint density at radius 2 is 2.04 bits per heavy atom. The number of thiophene rings is 1. The second-order valence-electron chi connectivity index (χ2n) is 5.75. The lowest BCUT2D eigenvalue weighted by Gasteiger charge is -2.08. The van der Waals surface area contributed by atoms with Gasteiger partial charge in [0.05, 0.1) is 16.8 Å². The van der Waals surface area contributed by atoms with Gasteiger partial charge >= 0.3 is 5.97 Å². The molecule has 2 aromatic heterocycles. The highest BCUT2D eigenvalue weighted by Gasteiger charge is 2.26. The van der Waals surface area contributed by atoms with Crippen molar-refractivity contribution < 1.29 is 9.90 Å². The predicted octanol–water partition coefficient (Wildman–Crippen LogP) is 4.79. The molecule has 1 aliphatic carbocycles. The zero-order valence-electron chi connectivity index (χ0n) is 12.7. The van der Waals surface area contributed by atoms with Crippen molar-refractivity contribution in [2.75, 3.05) is 0 Å². The lowest BCUT2D eigenvalue weighted by Crippen LogP contribution is -2.05. The third-order valence-electron chi connectivity index (χ3n) is 4.23. The third kappa shape index (κ3) is 2.35. The highest BCUT2D eigenvalue weighted by atomic mass is 32.1. The van der Waals surface area contributed by atoms with Crippen LogP contribution in [-0.2, 0) is 6.42 Å². The van der Waals surface area contributed by atoms with Gasteiger partial charge in [0, 0.05) is 15.1 Å². The van der Waals surface area contributed by atoms with Crippen molar-refractivity contribution in [2.24, 2.45) is 0 Å². The second-order valence-corrected chi connectivity index (χ2v) is 7.07. The molecule has 3 nitrogen and oxygen atoms in total. The Hall–Kier alpha value is -2.46. The van der Waals surface area contributed by atoms with Gasteiger partial charge in [0.15, 0.2) is 0 Å². The maximum Gasteiger partial charge on any atom is 0.336 e. The molecule has 4 heteroatoms. The molecule has 3 aromatic rings. The summed E-state index contributed by atoms with van der Waals surface area (Å²) in [5.41, 5.74) is 4.02. The first-order valence-electron chi connectivity index (χ1n) is 7.56. The number of aromatic carboxylic acids is 1. The first kappa shape index (κ1) is 14.2. The quantitative estimate of drug-likeness (QED) is 0.738. The zero-order chi connectivity index (χ0) is 16.0. The number of nitrogens with zero attached hydrogens (tertiary/aromatic N) is 1. The van der Waals surface area contributed by atoms with Crippen molar-refractivity contribution in [2.45, 2.75) is 19.8 Å². The maximum atomic E-state index is 11.8. The zero-order valence-corrected chi connectivity index (χ0v) is 13.5. The fourth-order valence-corrected chi connectivity index (χ4v) is 4.07. The van der Waals surface area contributed by atoms with Gasteiger partial charge in [0.1, 0.15) is 0 Å². The van der Waals surface area contributed by atoms with Crippen molar-refractivity contribution in [1.82, 2.24) is 4.98 Å². The highest BCUT2D eigenvalue weighted by Crippen LogP contribution is 2.38. The molecule has 1 N–H and O–H groups in total. The lowest BCUT2D eigenvalue weighted by atomic mass is 10.0. The molecule has 0 radical (unpaired) electrons. The molecular weight excluding hydrogens is 306 g/mol. The lowest BCUT2D eigenvalue weighted by molar-refractivity contribution is 0.0698. The minimum absolute atomic E-state index is 0.413. The number of carbonyl (C=O) groups is 1. The van der Waals surface area contributed by atoms with E-state index in [-0.39, 0.29) is 0 Å². The number of pyridine rings is 1. The smallest absolute Gasteiger partial charge is 0.336 e. The van der Waals surface area contributed by atoms with Gasteiger partial charge in [-0.05, 0) is 55.2 Å². The normalized spacial score (nSPS) is 15.3. The number of fused-ring (bicyclic) bond motifs is 2. The molecule has 23 heavy (non-hydrogen) atoms. The number of para-hydroxylation sites is 1. The predicted molar refractivity (Wildman–Crippen MR) is 94.0 cm³/mol. The number of aryl methyl sites for hydroxylation is 1. The first-order chi connectivity index (χ1) is 11.1.